The second kappa shape index (κ2) is 6.05. The van der Waals surface area contributed by atoms with Gasteiger partial charge in [0.2, 0.25) is 0 Å². The van der Waals surface area contributed by atoms with Crippen LogP contribution in [0.5, 0.6) is 0 Å². The predicted octanol–water partition coefficient (Wildman–Crippen LogP) is 2.52. The molecule has 0 amide bonds. The van der Waals surface area contributed by atoms with Gasteiger partial charge < -0.3 is 4.74 Å². The van der Waals surface area contributed by atoms with Crippen LogP contribution in [0.1, 0.15) is 35.7 Å². The second-order valence-corrected chi connectivity index (χ2v) is 3.69. The Morgan fingerprint density at radius 3 is 2.69 bits per heavy atom. The molecule has 0 saturated heterocycles. The molecular weight excluding hydrogens is 204 g/mol. The van der Waals surface area contributed by atoms with Crippen molar-refractivity contribution in [1.82, 2.24) is 0 Å². The topological polar surface area (TPSA) is 43.4 Å². The molecule has 0 spiro atoms. The number of benzene rings is 1. The summed E-state index contributed by atoms with van der Waals surface area (Å²) >= 11 is 0. The first-order valence-corrected chi connectivity index (χ1v) is 5.39. The average Bonchev–Trinajstić information content (AvgIpc) is 2.26. The number of esters is 1. The van der Waals surface area contributed by atoms with Gasteiger partial charge in [0.25, 0.3) is 0 Å². The van der Waals surface area contributed by atoms with E-state index in [4.69, 9.17) is 4.74 Å². The molecule has 0 unspecified atom stereocenters. The fraction of sp³-hybridized carbons (Fsp3) is 0.385. The molecule has 0 saturated carbocycles. The summed E-state index contributed by atoms with van der Waals surface area (Å²) in [5.41, 5.74) is 1.57. The highest BCUT2D eigenvalue weighted by molar-refractivity contribution is 6.05. The monoisotopic (exact) mass is 220 g/mol. The molecule has 0 radical (unpaired) electrons. The minimum Gasteiger partial charge on any atom is -0.465 e. The van der Waals surface area contributed by atoms with Gasteiger partial charge in [0, 0.05) is 5.56 Å². The number of Topliss-reactive ketones (excluding diaryl/α,β-unsaturated/α-hetero) is 1. The lowest BCUT2D eigenvalue weighted by Crippen LogP contribution is -2.12. The van der Waals surface area contributed by atoms with E-state index in [1.165, 1.54) is 0 Å². The van der Waals surface area contributed by atoms with Crippen molar-refractivity contribution in [2.75, 3.05) is 6.61 Å². The fourth-order valence-electron chi connectivity index (χ4n) is 1.32. The van der Waals surface area contributed by atoms with E-state index in [1.54, 1.807) is 18.2 Å². The van der Waals surface area contributed by atoms with Gasteiger partial charge in [0.1, 0.15) is 6.42 Å². The molecule has 3 heteroatoms. The molecule has 1 aromatic carbocycles. The van der Waals surface area contributed by atoms with Crippen LogP contribution in [-0.4, -0.2) is 18.4 Å². The third-order valence-corrected chi connectivity index (χ3v) is 2.11. The van der Waals surface area contributed by atoms with Crippen LogP contribution in [0, 0.1) is 6.92 Å². The third kappa shape index (κ3) is 3.85. The van der Waals surface area contributed by atoms with E-state index in [9.17, 15) is 9.59 Å². The van der Waals surface area contributed by atoms with E-state index in [-0.39, 0.29) is 12.2 Å². The van der Waals surface area contributed by atoms with Gasteiger partial charge in [0.05, 0.1) is 6.61 Å². The van der Waals surface area contributed by atoms with Crippen LogP contribution in [0.3, 0.4) is 0 Å². The summed E-state index contributed by atoms with van der Waals surface area (Å²) in [7, 11) is 0. The third-order valence-electron chi connectivity index (χ3n) is 2.11. The van der Waals surface area contributed by atoms with E-state index < -0.39 is 5.97 Å². The second-order valence-electron chi connectivity index (χ2n) is 3.69. The number of ether oxygens (including phenoxy) is 1. The first-order valence-electron chi connectivity index (χ1n) is 5.39. The average molecular weight is 220 g/mol. The standard InChI is InChI=1S/C13H16O3/c1-3-7-16-13(15)9-12(14)11-6-4-5-10(2)8-11/h4-6,8H,3,7,9H2,1-2H3. The first kappa shape index (κ1) is 12.4. The highest BCUT2D eigenvalue weighted by Crippen LogP contribution is 2.07. The highest BCUT2D eigenvalue weighted by Gasteiger charge is 2.12. The minimum absolute atomic E-state index is 0.177. The molecule has 0 aromatic heterocycles. The molecular formula is C13H16O3. The summed E-state index contributed by atoms with van der Waals surface area (Å²) in [4.78, 5) is 22.9. The maximum Gasteiger partial charge on any atom is 0.313 e. The van der Waals surface area contributed by atoms with Crippen LogP contribution in [0.4, 0.5) is 0 Å². The Hall–Kier alpha value is -1.64. The van der Waals surface area contributed by atoms with Crippen molar-refractivity contribution >= 4 is 11.8 Å². The maximum absolute atomic E-state index is 11.7. The SMILES string of the molecule is CCCOC(=O)CC(=O)c1cccc(C)c1. The first-order chi connectivity index (χ1) is 7.63. The van der Waals surface area contributed by atoms with Gasteiger partial charge in [0.15, 0.2) is 5.78 Å². The van der Waals surface area contributed by atoms with Crippen LogP contribution in [0.2, 0.25) is 0 Å². The molecule has 1 aromatic rings. The van der Waals surface area contributed by atoms with Gasteiger partial charge in [-0.2, -0.15) is 0 Å². The van der Waals surface area contributed by atoms with Gasteiger partial charge in [-0.15, -0.1) is 0 Å². The molecule has 0 aliphatic heterocycles. The molecule has 0 aliphatic rings. The highest BCUT2D eigenvalue weighted by atomic mass is 16.5. The zero-order valence-electron chi connectivity index (χ0n) is 9.66. The molecule has 0 atom stereocenters. The van der Waals surface area contributed by atoms with Crippen LogP contribution in [0.25, 0.3) is 0 Å². The smallest absolute Gasteiger partial charge is 0.313 e. The van der Waals surface area contributed by atoms with E-state index in [2.05, 4.69) is 0 Å². The van der Waals surface area contributed by atoms with Gasteiger partial charge in [-0.05, 0) is 19.4 Å². The largest absolute Gasteiger partial charge is 0.465 e. The Morgan fingerprint density at radius 1 is 1.31 bits per heavy atom. The van der Waals surface area contributed by atoms with E-state index in [0.717, 1.165) is 12.0 Å². The zero-order valence-corrected chi connectivity index (χ0v) is 9.66. The summed E-state index contributed by atoms with van der Waals surface area (Å²) < 4.78 is 4.85. The van der Waals surface area contributed by atoms with Crippen molar-refractivity contribution in [3.05, 3.63) is 35.4 Å². The van der Waals surface area contributed by atoms with Crippen molar-refractivity contribution in [2.24, 2.45) is 0 Å². The van der Waals surface area contributed by atoms with E-state index >= 15 is 0 Å². The lowest BCUT2D eigenvalue weighted by atomic mass is 10.1. The molecule has 16 heavy (non-hydrogen) atoms. The summed E-state index contributed by atoms with van der Waals surface area (Å²) in [5.74, 6) is -0.641. The molecule has 0 bridgehead atoms. The molecule has 86 valence electrons. The summed E-state index contributed by atoms with van der Waals surface area (Å²) in [6, 6.07) is 7.20. The van der Waals surface area contributed by atoms with Crippen molar-refractivity contribution in [3.8, 4) is 0 Å². The van der Waals surface area contributed by atoms with Crippen molar-refractivity contribution in [2.45, 2.75) is 26.7 Å². The van der Waals surface area contributed by atoms with Crippen LogP contribution >= 0.6 is 0 Å². The minimum atomic E-state index is -0.451. The number of rotatable bonds is 5. The number of hydrogen-bond acceptors (Lipinski definition) is 3. The van der Waals surface area contributed by atoms with Crippen molar-refractivity contribution in [3.63, 3.8) is 0 Å². The van der Waals surface area contributed by atoms with Crippen LogP contribution in [0.15, 0.2) is 24.3 Å². The molecule has 0 N–H and O–H groups in total. The predicted molar refractivity (Wildman–Crippen MR) is 61.4 cm³/mol. The van der Waals surface area contributed by atoms with Crippen molar-refractivity contribution in [1.29, 1.82) is 0 Å². The zero-order chi connectivity index (χ0) is 12.0. The lowest BCUT2D eigenvalue weighted by Gasteiger charge is -2.03. The Bertz CT molecular complexity index is 383. The maximum atomic E-state index is 11.7. The van der Waals surface area contributed by atoms with E-state index in [0.29, 0.717) is 12.2 Å². The molecule has 0 aliphatic carbocycles. The summed E-state index contributed by atoms with van der Waals surface area (Å²) in [6.07, 6.45) is 0.591. The van der Waals surface area contributed by atoms with Gasteiger partial charge >= 0.3 is 5.97 Å². The van der Waals surface area contributed by atoms with Crippen molar-refractivity contribution < 1.29 is 14.3 Å². The number of hydrogen-bond donors (Lipinski definition) is 0. The molecule has 3 nitrogen and oxygen atoms in total. The molecule has 0 fully saturated rings. The number of aryl methyl sites for hydroxylation is 1. The Labute approximate surface area is 95.4 Å². The number of carbonyl (C=O) groups is 2. The fourth-order valence-corrected chi connectivity index (χ4v) is 1.32. The lowest BCUT2D eigenvalue weighted by molar-refractivity contribution is -0.142. The van der Waals surface area contributed by atoms with Gasteiger partial charge in [-0.1, -0.05) is 30.7 Å². The molecule has 1 rings (SSSR count). The number of ketones is 1. The van der Waals surface area contributed by atoms with Crippen LogP contribution in [-0.2, 0) is 9.53 Å². The molecule has 0 heterocycles. The van der Waals surface area contributed by atoms with Crippen LogP contribution < -0.4 is 0 Å². The normalized spacial score (nSPS) is 9.88. The quantitative estimate of drug-likeness (QED) is 0.435. The van der Waals surface area contributed by atoms with Gasteiger partial charge in [-0.3, -0.25) is 9.59 Å². The Kier molecular flexibility index (Phi) is 4.70. The Morgan fingerprint density at radius 2 is 2.06 bits per heavy atom. The number of carbonyl (C=O) groups excluding carboxylic acids is 2. The van der Waals surface area contributed by atoms with E-state index in [1.807, 2.05) is 19.9 Å². The summed E-state index contributed by atoms with van der Waals surface area (Å²) in [6.45, 7) is 4.20. The summed E-state index contributed by atoms with van der Waals surface area (Å²) in [5, 5.41) is 0. The van der Waals surface area contributed by atoms with Gasteiger partial charge in [-0.25, -0.2) is 0 Å². The Balaban J connectivity index is 2.55.